The van der Waals surface area contributed by atoms with E-state index in [2.05, 4.69) is 14.8 Å². The summed E-state index contributed by atoms with van der Waals surface area (Å²) in [5.41, 5.74) is 3.47. The molecule has 0 amide bonds. The van der Waals surface area contributed by atoms with Crippen molar-refractivity contribution in [3.8, 4) is 5.69 Å². The average molecular weight is 422 g/mol. The molecule has 5 rings (SSSR count). The third-order valence-corrected chi connectivity index (χ3v) is 6.48. The molecular formula is C23H27N5O3. The lowest BCUT2D eigenvalue weighted by atomic mass is 9.82. The van der Waals surface area contributed by atoms with Crippen LogP contribution in [0.3, 0.4) is 0 Å². The first-order chi connectivity index (χ1) is 15.2. The number of anilines is 1. The molecule has 2 fully saturated rings. The largest absolute Gasteiger partial charge is 0.477 e. The van der Waals surface area contributed by atoms with Crippen LogP contribution in [-0.4, -0.2) is 75.2 Å². The fourth-order valence-electron chi connectivity index (χ4n) is 4.55. The van der Waals surface area contributed by atoms with E-state index in [0.29, 0.717) is 18.1 Å². The van der Waals surface area contributed by atoms with Crippen LogP contribution in [0.25, 0.3) is 16.7 Å². The van der Waals surface area contributed by atoms with Crippen molar-refractivity contribution in [3.63, 3.8) is 0 Å². The van der Waals surface area contributed by atoms with Crippen molar-refractivity contribution in [2.24, 2.45) is 0 Å². The number of rotatable bonds is 6. The molecule has 3 heterocycles. The predicted octanol–water partition coefficient (Wildman–Crippen LogP) is 2.50. The summed E-state index contributed by atoms with van der Waals surface area (Å²) in [7, 11) is 0. The molecule has 8 heteroatoms. The Hall–Kier alpha value is -2.97. The molecule has 2 aliphatic rings. The molecule has 1 saturated heterocycles. The van der Waals surface area contributed by atoms with E-state index >= 15 is 0 Å². The van der Waals surface area contributed by atoms with E-state index in [1.54, 1.807) is 10.7 Å². The normalized spacial score (nSPS) is 17.8. The number of aliphatic hydroxyl groups is 1. The summed E-state index contributed by atoms with van der Waals surface area (Å²) < 4.78 is 1.81. The van der Waals surface area contributed by atoms with Gasteiger partial charge in [-0.25, -0.2) is 14.5 Å². The van der Waals surface area contributed by atoms with Gasteiger partial charge in [-0.15, -0.1) is 0 Å². The number of fused-ring (bicyclic) bond motifs is 1. The molecule has 0 atom stereocenters. The zero-order valence-corrected chi connectivity index (χ0v) is 17.4. The standard InChI is InChI=1S/C23H27N5O3/c29-14-13-26-9-11-27(12-10-26)19-15-18(23(30)31)24-22-20(19)21(16-5-4-6-16)25-28(22)17-7-2-1-3-8-17/h1-3,7-8,15-16,29H,4-6,9-14H2,(H,30,31). The molecule has 31 heavy (non-hydrogen) atoms. The Balaban J connectivity index is 1.67. The highest BCUT2D eigenvalue weighted by Gasteiger charge is 2.31. The first-order valence-electron chi connectivity index (χ1n) is 11.0. The highest BCUT2D eigenvalue weighted by molar-refractivity contribution is 5.98. The number of para-hydroxylation sites is 1. The van der Waals surface area contributed by atoms with E-state index in [1.165, 1.54) is 6.42 Å². The lowest BCUT2D eigenvalue weighted by Gasteiger charge is -2.36. The molecule has 0 bridgehead atoms. The SMILES string of the molecule is O=C(O)c1cc(N2CCN(CCO)CC2)c2c(C3CCC3)nn(-c3ccccc3)c2n1. The van der Waals surface area contributed by atoms with Gasteiger partial charge in [0.1, 0.15) is 0 Å². The second-order valence-electron chi connectivity index (χ2n) is 8.34. The van der Waals surface area contributed by atoms with Crippen LogP contribution in [0.4, 0.5) is 5.69 Å². The number of piperazine rings is 1. The molecule has 2 aromatic heterocycles. The Morgan fingerprint density at radius 2 is 1.84 bits per heavy atom. The van der Waals surface area contributed by atoms with Crippen LogP contribution >= 0.6 is 0 Å². The van der Waals surface area contributed by atoms with E-state index in [1.807, 2.05) is 30.3 Å². The Bertz CT molecular complexity index is 1090. The van der Waals surface area contributed by atoms with E-state index in [0.717, 1.165) is 61.5 Å². The molecule has 0 unspecified atom stereocenters. The second-order valence-corrected chi connectivity index (χ2v) is 8.34. The molecule has 2 N–H and O–H groups in total. The number of carboxylic acid groups (broad SMARTS) is 1. The van der Waals surface area contributed by atoms with Crippen LogP contribution in [0.5, 0.6) is 0 Å². The number of carboxylic acids is 1. The number of pyridine rings is 1. The molecule has 1 aliphatic carbocycles. The third kappa shape index (κ3) is 3.66. The maximum atomic E-state index is 11.9. The number of aromatic nitrogens is 3. The van der Waals surface area contributed by atoms with Gasteiger partial charge in [-0.1, -0.05) is 24.6 Å². The molecule has 1 saturated carbocycles. The first kappa shape index (κ1) is 20.0. The van der Waals surface area contributed by atoms with Crippen LogP contribution < -0.4 is 4.90 Å². The van der Waals surface area contributed by atoms with Crippen molar-refractivity contribution in [2.45, 2.75) is 25.2 Å². The molecule has 0 radical (unpaired) electrons. The average Bonchev–Trinajstić information content (AvgIpc) is 3.12. The highest BCUT2D eigenvalue weighted by atomic mass is 16.4. The van der Waals surface area contributed by atoms with Crippen molar-refractivity contribution >= 4 is 22.7 Å². The van der Waals surface area contributed by atoms with Gasteiger partial charge in [-0.05, 0) is 31.0 Å². The van der Waals surface area contributed by atoms with Gasteiger partial charge in [-0.3, -0.25) is 4.90 Å². The number of aromatic carboxylic acids is 1. The van der Waals surface area contributed by atoms with Gasteiger partial charge in [0.25, 0.3) is 0 Å². The van der Waals surface area contributed by atoms with Gasteiger partial charge >= 0.3 is 5.97 Å². The van der Waals surface area contributed by atoms with Gasteiger partial charge in [0.2, 0.25) is 0 Å². The van der Waals surface area contributed by atoms with Crippen molar-refractivity contribution in [1.82, 2.24) is 19.7 Å². The molecule has 3 aromatic rings. The van der Waals surface area contributed by atoms with Crippen molar-refractivity contribution in [3.05, 3.63) is 47.8 Å². The van der Waals surface area contributed by atoms with Crippen LogP contribution in [0.15, 0.2) is 36.4 Å². The van der Waals surface area contributed by atoms with Gasteiger partial charge in [0.15, 0.2) is 11.3 Å². The van der Waals surface area contributed by atoms with Gasteiger partial charge in [-0.2, -0.15) is 5.10 Å². The number of hydrogen-bond acceptors (Lipinski definition) is 6. The maximum absolute atomic E-state index is 11.9. The summed E-state index contributed by atoms with van der Waals surface area (Å²) in [5.74, 6) is -0.646. The summed E-state index contributed by atoms with van der Waals surface area (Å²) in [6.45, 7) is 4.03. The minimum Gasteiger partial charge on any atom is -0.477 e. The molecule has 8 nitrogen and oxygen atoms in total. The smallest absolute Gasteiger partial charge is 0.354 e. The number of nitrogens with zero attached hydrogens (tertiary/aromatic N) is 5. The van der Waals surface area contributed by atoms with Gasteiger partial charge in [0.05, 0.1) is 29.1 Å². The first-order valence-corrected chi connectivity index (χ1v) is 11.0. The number of carbonyl (C=O) groups is 1. The van der Waals surface area contributed by atoms with E-state index in [9.17, 15) is 15.0 Å². The number of benzene rings is 1. The van der Waals surface area contributed by atoms with Crippen molar-refractivity contribution in [2.75, 3.05) is 44.2 Å². The lowest BCUT2D eigenvalue weighted by molar-refractivity contribution is 0.0691. The van der Waals surface area contributed by atoms with E-state index in [-0.39, 0.29) is 12.3 Å². The van der Waals surface area contributed by atoms with E-state index < -0.39 is 5.97 Å². The molecule has 1 aromatic carbocycles. The minimum absolute atomic E-state index is 0.0394. The predicted molar refractivity (Wildman–Crippen MR) is 118 cm³/mol. The number of β-amino-alcohol motifs (C(OH)–C–C–N with tert-alkyl or cyclic N) is 1. The maximum Gasteiger partial charge on any atom is 0.354 e. The van der Waals surface area contributed by atoms with E-state index in [4.69, 9.17) is 5.10 Å². The molecule has 162 valence electrons. The Morgan fingerprint density at radius 3 is 2.45 bits per heavy atom. The van der Waals surface area contributed by atoms with Gasteiger partial charge in [0, 0.05) is 38.6 Å². The number of aliphatic hydroxyl groups excluding tert-OH is 1. The second kappa shape index (κ2) is 8.28. The van der Waals surface area contributed by atoms with Gasteiger partial charge < -0.3 is 15.1 Å². The third-order valence-electron chi connectivity index (χ3n) is 6.48. The molecule has 1 aliphatic heterocycles. The summed E-state index contributed by atoms with van der Waals surface area (Å²) in [5, 5.41) is 25.0. The lowest BCUT2D eigenvalue weighted by Crippen LogP contribution is -2.47. The Kier molecular flexibility index (Phi) is 5.33. The van der Waals surface area contributed by atoms with Crippen LogP contribution in [-0.2, 0) is 0 Å². The van der Waals surface area contributed by atoms with Crippen molar-refractivity contribution < 1.29 is 15.0 Å². The van der Waals surface area contributed by atoms with Crippen LogP contribution in [0.1, 0.15) is 41.4 Å². The zero-order chi connectivity index (χ0) is 21.4. The van der Waals surface area contributed by atoms with Crippen molar-refractivity contribution in [1.29, 1.82) is 0 Å². The van der Waals surface area contributed by atoms with Crippen LogP contribution in [0, 0.1) is 0 Å². The minimum atomic E-state index is -1.03. The fourth-order valence-corrected chi connectivity index (χ4v) is 4.55. The Morgan fingerprint density at radius 1 is 1.10 bits per heavy atom. The Labute approximate surface area is 180 Å². The highest BCUT2D eigenvalue weighted by Crippen LogP contribution is 2.42. The summed E-state index contributed by atoms with van der Waals surface area (Å²) in [4.78, 5) is 21.0. The topological polar surface area (TPSA) is 94.7 Å². The quantitative estimate of drug-likeness (QED) is 0.631. The summed E-state index contributed by atoms with van der Waals surface area (Å²) in [6.07, 6.45) is 3.40. The molecular weight excluding hydrogens is 394 g/mol. The van der Waals surface area contributed by atoms with Crippen LogP contribution in [0.2, 0.25) is 0 Å². The molecule has 0 spiro atoms. The zero-order valence-electron chi connectivity index (χ0n) is 17.4. The number of hydrogen-bond donors (Lipinski definition) is 2. The summed E-state index contributed by atoms with van der Waals surface area (Å²) in [6, 6.07) is 11.5. The fraction of sp³-hybridized carbons (Fsp3) is 0.435. The monoisotopic (exact) mass is 421 g/mol. The summed E-state index contributed by atoms with van der Waals surface area (Å²) >= 11 is 0.